The number of nitrogens with one attached hydrogen (secondary N) is 1. The quantitative estimate of drug-likeness (QED) is 0.451. The lowest BCUT2D eigenvalue weighted by Crippen LogP contribution is -2.48. The Balaban J connectivity index is 2.27. The van der Waals surface area contributed by atoms with E-state index in [9.17, 15) is 4.79 Å². The third kappa shape index (κ3) is 3.33. The van der Waals surface area contributed by atoms with E-state index in [-0.39, 0.29) is 6.61 Å². The van der Waals surface area contributed by atoms with Crippen LogP contribution in [-0.2, 0) is 6.61 Å². The lowest BCUT2D eigenvalue weighted by molar-refractivity contribution is 0.246. The summed E-state index contributed by atoms with van der Waals surface area (Å²) in [6.07, 6.45) is 1.66. The number of nitrogens with two attached hydrogens (primary N) is 2. The largest absolute Gasteiger partial charge is 0.473 e. The highest BCUT2D eigenvalue weighted by Gasteiger charge is 2.16. The number of amides is 2. The summed E-state index contributed by atoms with van der Waals surface area (Å²) in [5, 5.41) is 0.955. The fraction of sp³-hybridized carbons (Fsp3) is 0.200. The number of nitrogens with zero attached hydrogens (tertiary/aromatic N) is 2. The topological polar surface area (TPSA) is 106 Å². The van der Waals surface area contributed by atoms with Crippen molar-refractivity contribution >= 4 is 11.7 Å². The summed E-state index contributed by atoms with van der Waals surface area (Å²) >= 11 is 0. The molecule has 0 bridgehead atoms. The molecule has 1 aromatic carbocycles. The zero-order chi connectivity index (χ0) is 16.1. The molecule has 1 heterocycles. The van der Waals surface area contributed by atoms with Gasteiger partial charge in [-0.2, -0.15) is 0 Å². The first-order valence-corrected chi connectivity index (χ1v) is 6.73. The molecule has 0 aliphatic heterocycles. The van der Waals surface area contributed by atoms with Crippen molar-refractivity contribution < 1.29 is 9.53 Å². The van der Waals surface area contributed by atoms with Gasteiger partial charge >= 0.3 is 6.03 Å². The average molecular weight is 301 g/mol. The summed E-state index contributed by atoms with van der Waals surface area (Å²) in [6.45, 7) is 4.07. The van der Waals surface area contributed by atoms with Gasteiger partial charge in [0.05, 0.1) is 5.69 Å². The second-order valence-electron chi connectivity index (χ2n) is 4.81. The number of aromatic nitrogens is 1. The third-order valence-corrected chi connectivity index (χ3v) is 3.30. The van der Waals surface area contributed by atoms with E-state index in [1.54, 1.807) is 12.3 Å². The predicted molar refractivity (Wildman–Crippen MR) is 83.9 cm³/mol. The molecule has 2 rings (SSSR count). The lowest BCUT2D eigenvalue weighted by atomic mass is 10.1. The van der Waals surface area contributed by atoms with E-state index in [0.29, 0.717) is 11.6 Å². The molecule has 0 saturated heterocycles. The molecule has 1 aromatic heterocycles. The van der Waals surface area contributed by atoms with Crippen LogP contribution in [0.1, 0.15) is 16.7 Å². The number of urea groups is 1. The van der Waals surface area contributed by atoms with Crippen LogP contribution in [0.3, 0.4) is 0 Å². The Morgan fingerprint density at radius 3 is 2.68 bits per heavy atom. The number of hydrogen-bond donors (Lipinski definition) is 3. The molecular formula is C15H19N5O2. The molecule has 2 amide bonds. The van der Waals surface area contributed by atoms with Gasteiger partial charge in [0.25, 0.3) is 0 Å². The third-order valence-electron chi connectivity index (χ3n) is 3.30. The molecule has 7 nitrogen and oxygen atoms in total. The lowest BCUT2D eigenvalue weighted by Gasteiger charge is -2.21. The summed E-state index contributed by atoms with van der Waals surface area (Å²) in [7, 11) is 0. The van der Waals surface area contributed by atoms with Crippen molar-refractivity contribution in [3.05, 3.63) is 53.2 Å². The Hall–Kier alpha value is -2.64. The number of carbonyl (C=O) groups is 1. The summed E-state index contributed by atoms with van der Waals surface area (Å²) in [6, 6.07) is 8.60. The number of benzene rings is 1. The molecule has 0 atom stereocenters. The van der Waals surface area contributed by atoms with Crippen LogP contribution in [0.25, 0.3) is 0 Å². The fourth-order valence-corrected chi connectivity index (χ4v) is 2.04. The maximum atomic E-state index is 11.6. The van der Waals surface area contributed by atoms with Crippen molar-refractivity contribution in [3.8, 4) is 5.88 Å². The van der Waals surface area contributed by atoms with Gasteiger partial charge in [-0.15, -0.1) is 0 Å². The van der Waals surface area contributed by atoms with Crippen LogP contribution in [0.5, 0.6) is 5.88 Å². The monoisotopic (exact) mass is 301 g/mol. The fourth-order valence-electron chi connectivity index (χ4n) is 2.04. The van der Waals surface area contributed by atoms with Gasteiger partial charge in [-0.3, -0.25) is 5.43 Å². The Morgan fingerprint density at radius 1 is 1.27 bits per heavy atom. The highest BCUT2D eigenvalue weighted by Crippen LogP contribution is 2.24. The van der Waals surface area contributed by atoms with Gasteiger partial charge in [0.1, 0.15) is 6.61 Å². The van der Waals surface area contributed by atoms with Crippen molar-refractivity contribution in [3.63, 3.8) is 0 Å². The Bertz CT molecular complexity index is 675. The van der Waals surface area contributed by atoms with Gasteiger partial charge in [-0.25, -0.2) is 26.5 Å². The van der Waals surface area contributed by atoms with Crippen molar-refractivity contribution in [1.29, 1.82) is 0 Å². The van der Waals surface area contributed by atoms with E-state index in [1.165, 1.54) is 0 Å². The Kier molecular flexibility index (Phi) is 4.92. The number of hydrazine groups is 2. The number of pyridine rings is 1. The van der Waals surface area contributed by atoms with E-state index >= 15 is 0 Å². The van der Waals surface area contributed by atoms with Crippen molar-refractivity contribution in [2.24, 2.45) is 11.7 Å². The standard InChI is InChI=1S/C15H19N5O2/c1-10-5-3-7-13(20(17)15(21)19-16)12(10)9-22-14-11(2)6-4-8-18-14/h3-8H,9,16-17H2,1-2H3,(H,19,21). The molecule has 2 aromatic rings. The number of hydrogen-bond acceptors (Lipinski definition) is 5. The molecule has 0 aliphatic rings. The van der Waals surface area contributed by atoms with Crippen molar-refractivity contribution in [2.45, 2.75) is 20.5 Å². The zero-order valence-electron chi connectivity index (χ0n) is 12.5. The van der Waals surface area contributed by atoms with Crippen LogP contribution in [0.15, 0.2) is 36.5 Å². The van der Waals surface area contributed by atoms with Gasteiger partial charge in [-0.05, 0) is 31.5 Å². The minimum Gasteiger partial charge on any atom is -0.473 e. The molecule has 0 radical (unpaired) electrons. The Labute approximate surface area is 128 Å². The highest BCUT2D eigenvalue weighted by atomic mass is 16.5. The van der Waals surface area contributed by atoms with Crippen LogP contribution in [0.2, 0.25) is 0 Å². The molecule has 5 N–H and O–H groups in total. The summed E-state index contributed by atoms with van der Waals surface area (Å²) in [5.41, 5.74) is 5.20. The van der Waals surface area contributed by atoms with E-state index in [2.05, 4.69) is 4.98 Å². The Morgan fingerprint density at radius 2 is 2.00 bits per heavy atom. The van der Waals surface area contributed by atoms with Gasteiger partial charge in [0.2, 0.25) is 5.88 Å². The first-order valence-electron chi connectivity index (χ1n) is 6.73. The summed E-state index contributed by atoms with van der Waals surface area (Å²) in [5.74, 6) is 11.5. The van der Waals surface area contributed by atoms with Crippen LogP contribution < -0.4 is 26.9 Å². The zero-order valence-corrected chi connectivity index (χ0v) is 12.5. The molecule has 0 unspecified atom stereocenters. The number of anilines is 1. The van der Waals surface area contributed by atoms with Gasteiger partial charge < -0.3 is 4.74 Å². The molecule has 0 aliphatic carbocycles. The first-order chi connectivity index (χ1) is 10.5. The maximum Gasteiger partial charge on any atom is 0.350 e. The number of ether oxygens (including phenoxy) is 1. The van der Waals surface area contributed by atoms with Crippen LogP contribution in [-0.4, -0.2) is 11.0 Å². The van der Waals surface area contributed by atoms with Gasteiger partial charge in [0, 0.05) is 17.3 Å². The molecular weight excluding hydrogens is 282 g/mol. The van der Waals surface area contributed by atoms with E-state index in [1.807, 2.05) is 43.5 Å². The second-order valence-corrected chi connectivity index (χ2v) is 4.81. The molecule has 0 saturated carbocycles. The van der Waals surface area contributed by atoms with Gasteiger partial charge in [0.15, 0.2) is 0 Å². The van der Waals surface area contributed by atoms with E-state index in [0.717, 1.165) is 21.7 Å². The number of aryl methyl sites for hydroxylation is 2. The minimum absolute atomic E-state index is 0.241. The summed E-state index contributed by atoms with van der Waals surface area (Å²) < 4.78 is 5.75. The summed E-state index contributed by atoms with van der Waals surface area (Å²) in [4.78, 5) is 15.8. The van der Waals surface area contributed by atoms with Crippen molar-refractivity contribution in [2.75, 3.05) is 5.01 Å². The molecule has 0 fully saturated rings. The molecule has 22 heavy (non-hydrogen) atoms. The minimum atomic E-state index is -0.610. The molecule has 0 spiro atoms. The van der Waals surface area contributed by atoms with Crippen molar-refractivity contribution in [1.82, 2.24) is 10.4 Å². The highest BCUT2D eigenvalue weighted by molar-refractivity contribution is 5.91. The SMILES string of the molecule is Cc1cccnc1OCc1c(C)cccc1N(N)C(=O)NN. The first kappa shape index (κ1) is 15.7. The second kappa shape index (κ2) is 6.88. The molecule has 116 valence electrons. The van der Waals surface area contributed by atoms with E-state index < -0.39 is 6.03 Å². The van der Waals surface area contributed by atoms with Gasteiger partial charge in [-0.1, -0.05) is 18.2 Å². The smallest absolute Gasteiger partial charge is 0.350 e. The maximum absolute atomic E-state index is 11.6. The average Bonchev–Trinajstić information content (AvgIpc) is 2.53. The number of rotatable bonds is 4. The van der Waals surface area contributed by atoms with Crippen LogP contribution in [0, 0.1) is 13.8 Å². The predicted octanol–water partition coefficient (Wildman–Crippen LogP) is 1.54. The van der Waals surface area contributed by atoms with E-state index in [4.69, 9.17) is 16.4 Å². The van der Waals surface area contributed by atoms with Crippen LogP contribution in [0.4, 0.5) is 10.5 Å². The number of carbonyl (C=O) groups excluding carboxylic acids is 1. The van der Waals surface area contributed by atoms with Crippen LogP contribution >= 0.6 is 0 Å². The molecule has 7 heteroatoms. The normalized spacial score (nSPS) is 10.2.